The van der Waals surface area contributed by atoms with Crippen molar-refractivity contribution in [3.63, 3.8) is 0 Å². The minimum absolute atomic E-state index is 0.646. The Hall–Kier alpha value is -0.680. The highest BCUT2D eigenvalue weighted by Gasteiger charge is 2.27. The molecule has 1 rings (SSSR count). The van der Waals surface area contributed by atoms with Crippen molar-refractivity contribution >= 4 is 11.8 Å². The van der Waals surface area contributed by atoms with E-state index < -0.39 is 11.9 Å². The summed E-state index contributed by atoms with van der Waals surface area (Å²) < 4.78 is 35.7. The van der Waals surface area contributed by atoms with Crippen LogP contribution in [0.15, 0.2) is 29.2 Å². The molecule has 0 spiro atoms. The van der Waals surface area contributed by atoms with Gasteiger partial charge in [0.2, 0.25) is 0 Å². The Morgan fingerprint density at radius 3 is 2.27 bits per heavy atom. The van der Waals surface area contributed by atoms with Crippen molar-refractivity contribution in [3.8, 4) is 0 Å². The van der Waals surface area contributed by atoms with Crippen molar-refractivity contribution in [2.75, 3.05) is 12.8 Å². The summed E-state index contributed by atoms with van der Waals surface area (Å²) in [5.74, 6) is -0.835. The fraction of sp³-hybridized carbons (Fsp3) is 0.400. The Labute approximate surface area is 91.1 Å². The molecular weight excluding hydrogens is 223 g/mol. The van der Waals surface area contributed by atoms with Crippen molar-refractivity contribution in [3.05, 3.63) is 29.8 Å². The third-order valence-electron chi connectivity index (χ3n) is 1.71. The average Bonchev–Trinajstić information content (AvgIpc) is 2.16. The zero-order valence-corrected chi connectivity index (χ0v) is 9.08. The number of thioether (sulfide) groups is 1. The second-order valence-corrected chi connectivity index (χ2v) is 4.13. The Morgan fingerprint density at radius 2 is 1.80 bits per heavy atom. The first kappa shape index (κ1) is 12.4. The number of halogens is 3. The van der Waals surface area contributed by atoms with Crippen molar-refractivity contribution in [2.24, 2.45) is 0 Å². The van der Waals surface area contributed by atoms with Crippen LogP contribution in [-0.2, 0) is 6.54 Å². The predicted octanol–water partition coefficient (Wildman–Crippen LogP) is 3.06. The van der Waals surface area contributed by atoms with Gasteiger partial charge in [0.25, 0.3) is 0 Å². The molecule has 1 nitrogen and oxygen atoms in total. The molecule has 0 fully saturated rings. The monoisotopic (exact) mass is 235 g/mol. The van der Waals surface area contributed by atoms with Gasteiger partial charge in [-0.25, -0.2) is 0 Å². The van der Waals surface area contributed by atoms with Gasteiger partial charge in [0.1, 0.15) is 0 Å². The molecule has 1 N–H and O–H groups in total. The summed E-state index contributed by atoms with van der Waals surface area (Å²) in [5, 5.41) is 2.97. The van der Waals surface area contributed by atoms with Gasteiger partial charge in [0.05, 0.1) is 5.75 Å². The minimum atomic E-state index is -4.10. The van der Waals surface area contributed by atoms with Crippen LogP contribution in [0.2, 0.25) is 0 Å². The summed E-state index contributed by atoms with van der Waals surface area (Å²) in [6.45, 7) is 0.726. The number of benzene rings is 1. The van der Waals surface area contributed by atoms with E-state index in [0.29, 0.717) is 4.90 Å². The van der Waals surface area contributed by atoms with Gasteiger partial charge in [-0.3, -0.25) is 0 Å². The quantitative estimate of drug-likeness (QED) is 0.805. The summed E-state index contributed by atoms with van der Waals surface area (Å²) >= 11 is 0.809. The molecule has 84 valence electrons. The topological polar surface area (TPSA) is 12.0 Å². The highest BCUT2D eigenvalue weighted by Crippen LogP contribution is 2.27. The first-order valence-corrected chi connectivity index (χ1v) is 5.43. The lowest BCUT2D eigenvalue weighted by Gasteiger charge is -2.06. The molecule has 0 aromatic heterocycles. The summed E-state index contributed by atoms with van der Waals surface area (Å²) in [5.41, 5.74) is 1.06. The fourth-order valence-corrected chi connectivity index (χ4v) is 1.73. The number of alkyl halides is 3. The van der Waals surface area contributed by atoms with Crippen molar-refractivity contribution < 1.29 is 13.2 Å². The average molecular weight is 235 g/mol. The molecule has 0 aliphatic rings. The standard InChI is InChI=1S/C10H12F3NS/c1-14-6-8-2-4-9(5-3-8)15-7-10(11,12)13/h2-5,14H,6-7H2,1H3. The van der Waals surface area contributed by atoms with Crippen LogP contribution in [-0.4, -0.2) is 19.0 Å². The van der Waals surface area contributed by atoms with Crippen LogP contribution < -0.4 is 5.32 Å². The maximum Gasteiger partial charge on any atom is 0.398 e. The maximum atomic E-state index is 11.9. The molecule has 0 aliphatic heterocycles. The van der Waals surface area contributed by atoms with Crippen LogP contribution >= 0.6 is 11.8 Å². The van der Waals surface area contributed by atoms with Gasteiger partial charge < -0.3 is 5.32 Å². The van der Waals surface area contributed by atoms with Gasteiger partial charge in [-0.15, -0.1) is 11.8 Å². The van der Waals surface area contributed by atoms with Gasteiger partial charge >= 0.3 is 6.18 Å². The van der Waals surface area contributed by atoms with E-state index >= 15 is 0 Å². The summed E-state index contributed by atoms with van der Waals surface area (Å²) in [6, 6.07) is 7.08. The van der Waals surface area contributed by atoms with Crippen LogP contribution in [0.4, 0.5) is 13.2 Å². The smallest absolute Gasteiger partial charge is 0.316 e. The second-order valence-electron chi connectivity index (χ2n) is 3.08. The van der Waals surface area contributed by atoms with Crippen molar-refractivity contribution in [1.82, 2.24) is 5.32 Å². The lowest BCUT2D eigenvalue weighted by molar-refractivity contribution is -0.105. The van der Waals surface area contributed by atoms with E-state index in [0.717, 1.165) is 23.9 Å². The predicted molar refractivity (Wildman–Crippen MR) is 56.0 cm³/mol. The zero-order valence-electron chi connectivity index (χ0n) is 8.27. The van der Waals surface area contributed by atoms with Gasteiger partial charge in [-0.2, -0.15) is 13.2 Å². The lowest BCUT2D eigenvalue weighted by atomic mass is 10.2. The van der Waals surface area contributed by atoms with Gasteiger partial charge in [0, 0.05) is 11.4 Å². The van der Waals surface area contributed by atoms with Crippen LogP contribution in [0, 0.1) is 0 Å². The van der Waals surface area contributed by atoms with E-state index in [2.05, 4.69) is 5.32 Å². The van der Waals surface area contributed by atoms with E-state index in [1.54, 1.807) is 12.1 Å². The molecule has 15 heavy (non-hydrogen) atoms. The fourth-order valence-electron chi connectivity index (χ4n) is 1.07. The Morgan fingerprint density at radius 1 is 1.20 bits per heavy atom. The van der Waals surface area contributed by atoms with E-state index in [1.165, 1.54) is 0 Å². The normalized spacial score (nSPS) is 11.7. The molecule has 0 aliphatic carbocycles. The molecule has 0 radical (unpaired) electrons. The van der Waals surface area contributed by atoms with E-state index in [9.17, 15) is 13.2 Å². The van der Waals surface area contributed by atoms with Crippen LogP contribution in [0.3, 0.4) is 0 Å². The highest BCUT2D eigenvalue weighted by molar-refractivity contribution is 7.99. The molecule has 0 heterocycles. The summed E-state index contributed by atoms with van der Waals surface area (Å²) in [6.07, 6.45) is -4.10. The molecule has 5 heteroatoms. The van der Waals surface area contributed by atoms with Gasteiger partial charge in [0.15, 0.2) is 0 Å². The molecule has 0 saturated carbocycles. The third-order valence-corrected chi connectivity index (χ3v) is 2.78. The zero-order chi connectivity index (χ0) is 11.3. The Balaban J connectivity index is 2.50. The summed E-state index contributed by atoms with van der Waals surface area (Å²) in [4.78, 5) is 0.646. The molecule has 0 saturated heterocycles. The molecule has 0 unspecified atom stereocenters. The second kappa shape index (κ2) is 5.42. The van der Waals surface area contributed by atoms with Crippen molar-refractivity contribution in [2.45, 2.75) is 17.6 Å². The Bertz CT molecular complexity index is 295. The largest absolute Gasteiger partial charge is 0.398 e. The number of hydrogen-bond donors (Lipinski definition) is 1. The van der Waals surface area contributed by atoms with Crippen LogP contribution in [0.5, 0.6) is 0 Å². The van der Waals surface area contributed by atoms with E-state index in [4.69, 9.17) is 0 Å². The molecular formula is C10H12F3NS. The van der Waals surface area contributed by atoms with Gasteiger partial charge in [-0.1, -0.05) is 12.1 Å². The van der Waals surface area contributed by atoms with E-state index in [-0.39, 0.29) is 0 Å². The molecule has 0 atom stereocenters. The first-order chi connectivity index (χ1) is 7.01. The summed E-state index contributed by atoms with van der Waals surface area (Å²) in [7, 11) is 1.83. The number of rotatable bonds is 4. The first-order valence-electron chi connectivity index (χ1n) is 4.44. The van der Waals surface area contributed by atoms with Crippen LogP contribution in [0.25, 0.3) is 0 Å². The molecule has 1 aromatic rings. The van der Waals surface area contributed by atoms with Crippen LogP contribution in [0.1, 0.15) is 5.56 Å². The molecule has 0 amide bonds. The maximum absolute atomic E-state index is 11.9. The minimum Gasteiger partial charge on any atom is -0.316 e. The molecule has 1 aromatic carbocycles. The number of nitrogens with one attached hydrogen (secondary N) is 1. The third kappa shape index (κ3) is 5.09. The van der Waals surface area contributed by atoms with Crippen molar-refractivity contribution in [1.29, 1.82) is 0 Å². The Kier molecular flexibility index (Phi) is 4.47. The number of hydrogen-bond acceptors (Lipinski definition) is 2. The van der Waals surface area contributed by atoms with Gasteiger partial charge in [-0.05, 0) is 24.7 Å². The SMILES string of the molecule is CNCc1ccc(SCC(F)(F)F)cc1. The lowest BCUT2D eigenvalue weighted by Crippen LogP contribution is -2.10. The highest BCUT2D eigenvalue weighted by atomic mass is 32.2. The molecule has 0 bridgehead atoms. The van der Waals surface area contributed by atoms with E-state index in [1.807, 2.05) is 19.2 Å².